The van der Waals surface area contributed by atoms with Gasteiger partial charge in [0.25, 0.3) is 0 Å². The fourth-order valence-corrected chi connectivity index (χ4v) is 3.11. The van der Waals surface area contributed by atoms with E-state index in [4.69, 9.17) is 0 Å². The van der Waals surface area contributed by atoms with E-state index >= 15 is 0 Å². The SMILES string of the molecule is CC1CC1Cn1cncc1C1(C)CCNCC1. The second kappa shape index (κ2) is 4.13. The maximum absolute atomic E-state index is 4.39. The van der Waals surface area contributed by atoms with Gasteiger partial charge in [0.15, 0.2) is 0 Å². The van der Waals surface area contributed by atoms with E-state index in [9.17, 15) is 0 Å². The van der Waals surface area contributed by atoms with Crippen molar-refractivity contribution >= 4 is 0 Å². The highest BCUT2D eigenvalue weighted by atomic mass is 15.1. The summed E-state index contributed by atoms with van der Waals surface area (Å²) in [6, 6.07) is 0. The van der Waals surface area contributed by atoms with Crippen molar-refractivity contribution in [2.45, 2.75) is 45.1 Å². The first-order valence-corrected chi connectivity index (χ1v) is 6.90. The van der Waals surface area contributed by atoms with E-state index in [2.05, 4.69) is 34.9 Å². The number of aromatic nitrogens is 2. The van der Waals surface area contributed by atoms with Crippen LogP contribution in [0.4, 0.5) is 0 Å². The molecule has 1 saturated heterocycles. The van der Waals surface area contributed by atoms with Gasteiger partial charge in [0.2, 0.25) is 0 Å². The monoisotopic (exact) mass is 233 g/mol. The summed E-state index contributed by atoms with van der Waals surface area (Å²) < 4.78 is 2.42. The fourth-order valence-electron chi connectivity index (χ4n) is 3.11. The molecule has 0 spiro atoms. The number of hydrogen-bond acceptors (Lipinski definition) is 2. The van der Waals surface area contributed by atoms with Gasteiger partial charge in [-0.15, -0.1) is 0 Å². The number of imidazole rings is 1. The Bertz CT molecular complexity index is 390. The molecule has 3 rings (SSSR count). The predicted molar refractivity (Wildman–Crippen MR) is 69.0 cm³/mol. The third kappa shape index (κ3) is 2.13. The van der Waals surface area contributed by atoms with Crippen molar-refractivity contribution < 1.29 is 0 Å². The Balaban J connectivity index is 1.79. The van der Waals surface area contributed by atoms with Crippen LogP contribution in [0.1, 0.15) is 38.8 Å². The molecule has 0 radical (unpaired) electrons. The van der Waals surface area contributed by atoms with Crippen LogP contribution in [0, 0.1) is 11.8 Å². The van der Waals surface area contributed by atoms with Gasteiger partial charge in [0.1, 0.15) is 0 Å². The van der Waals surface area contributed by atoms with Crippen LogP contribution < -0.4 is 5.32 Å². The zero-order chi connectivity index (χ0) is 11.9. The van der Waals surface area contributed by atoms with E-state index in [1.54, 1.807) is 0 Å². The van der Waals surface area contributed by atoms with Crippen molar-refractivity contribution in [3.05, 3.63) is 18.2 Å². The second-order valence-electron chi connectivity index (χ2n) is 6.21. The van der Waals surface area contributed by atoms with Gasteiger partial charge < -0.3 is 9.88 Å². The van der Waals surface area contributed by atoms with E-state index < -0.39 is 0 Å². The van der Waals surface area contributed by atoms with Crippen LogP contribution in [0.3, 0.4) is 0 Å². The highest BCUT2D eigenvalue weighted by molar-refractivity contribution is 5.16. The summed E-state index contributed by atoms with van der Waals surface area (Å²) in [7, 11) is 0. The maximum atomic E-state index is 4.39. The van der Waals surface area contributed by atoms with Crippen LogP contribution in [0.15, 0.2) is 12.5 Å². The quantitative estimate of drug-likeness (QED) is 0.867. The van der Waals surface area contributed by atoms with Gasteiger partial charge in [-0.2, -0.15) is 0 Å². The lowest BCUT2D eigenvalue weighted by molar-refractivity contribution is 0.314. The molecule has 17 heavy (non-hydrogen) atoms. The molecule has 2 aliphatic rings. The Morgan fingerprint density at radius 3 is 2.82 bits per heavy atom. The Morgan fingerprint density at radius 2 is 2.18 bits per heavy atom. The van der Waals surface area contributed by atoms with Gasteiger partial charge in [-0.3, -0.25) is 0 Å². The van der Waals surface area contributed by atoms with Gasteiger partial charge in [-0.25, -0.2) is 4.98 Å². The third-order valence-electron chi connectivity index (χ3n) is 4.75. The molecule has 1 saturated carbocycles. The average Bonchev–Trinajstić information content (AvgIpc) is 2.81. The number of rotatable bonds is 3. The lowest BCUT2D eigenvalue weighted by atomic mass is 9.78. The Hall–Kier alpha value is -0.830. The van der Waals surface area contributed by atoms with E-state index in [0.717, 1.165) is 24.9 Å². The average molecular weight is 233 g/mol. The molecule has 0 amide bonds. The zero-order valence-electron chi connectivity index (χ0n) is 10.9. The maximum Gasteiger partial charge on any atom is 0.0948 e. The molecule has 2 fully saturated rings. The smallest absolute Gasteiger partial charge is 0.0948 e. The normalized spacial score (nSPS) is 31.4. The van der Waals surface area contributed by atoms with Crippen molar-refractivity contribution in [2.75, 3.05) is 13.1 Å². The molecule has 1 aromatic rings. The molecule has 1 aromatic heterocycles. The van der Waals surface area contributed by atoms with Gasteiger partial charge in [-0.05, 0) is 44.2 Å². The molecule has 0 bridgehead atoms. The molecule has 2 atom stereocenters. The van der Waals surface area contributed by atoms with Gasteiger partial charge in [0, 0.05) is 23.9 Å². The standard InChI is InChI=1S/C14H23N3/c1-11-7-12(11)9-17-10-16-8-13(17)14(2)3-5-15-6-4-14/h8,10-12,15H,3-7,9H2,1-2H3. The molecule has 3 nitrogen and oxygen atoms in total. The molecule has 2 unspecified atom stereocenters. The van der Waals surface area contributed by atoms with Crippen LogP contribution in [0.25, 0.3) is 0 Å². The molecule has 2 heterocycles. The topological polar surface area (TPSA) is 29.9 Å². The summed E-state index contributed by atoms with van der Waals surface area (Å²) in [5.74, 6) is 1.82. The number of nitrogens with one attached hydrogen (secondary N) is 1. The molecule has 3 heteroatoms. The van der Waals surface area contributed by atoms with E-state index in [-0.39, 0.29) is 0 Å². The van der Waals surface area contributed by atoms with Gasteiger partial charge in [-0.1, -0.05) is 13.8 Å². The second-order valence-corrected chi connectivity index (χ2v) is 6.21. The minimum atomic E-state index is 0.333. The van der Waals surface area contributed by atoms with E-state index in [1.165, 1.54) is 31.5 Å². The van der Waals surface area contributed by atoms with E-state index in [0.29, 0.717) is 5.41 Å². The van der Waals surface area contributed by atoms with E-state index in [1.807, 2.05) is 6.33 Å². The first kappa shape index (κ1) is 11.3. The molecule has 1 aliphatic carbocycles. The lowest BCUT2D eigenvalue weighted by Gasteiger charge is -2.34. The lowest BCUT2D eigenvalue weighted by Crippen LogP contribution is -2.39. The van der Waals surface area contributed by atoms with Gasteiger partial charge >= 0.3 is 0 Å². The summed E-state index contributed by atoms with van der Waals surface area (Å²) in [5.41, 5.74) is 1.79. The Kier molecular flexibility index (Phi) is 2.74. The molecule has 1 N–H and O–H groups in total. The van der Waals surface area contributed by atoms with Crippen LogP contribution in [0.2, 0.25) is 0 Å². The van der Waals surface area contributed by atoms with Crippen molar-refractivity contribution in [1.29, 1.82) is 0 Å². The van der Waals surface area contributed by atoms with Crippen molar-refractivity contribution in [3.8, 4) is 0 Å². The fraction of sp³-hybridized carbons (Fsp3) is 0.786. The van der Waals surface area contributed by atoms with Crippen molar-refractivity contribution in [2.24, 2.45) is 11.8 Å². The van der Waals surface area contributed by atoms with Crippen molar-refractivity contribution in [3.63, 3.8) is 0 Å². The summed E-state index contributed by atoms with van der Waals surface area (Å²) in [6.45, 7) is 8.22. The van der Waals surface area contributed by atoms with Crippen LogP contribution >= 0.6 is 0 Å². The van der Waals surface area contributed by atoms with Crippen LogP contribution in [0.5, 0.6) is 0 Å². The molecular formula is C14H23N3. The minimum absolute atomic E-state index is 0.333. The largest absolute Gasteiger partial charge is 0.334 e. The van der Waals surface area contributed by atoms with Crippen molar-refractivity contribution in [1.82, 2.24) is 14.9 Å². The summed E-state index contributed by atoms with van der Waals surface area (Å²) in [4.78, 5) is 4.39. The van der Waals surface area contributed by atoms with Gasteiger partial charge in [0.05, 0.1) is 6.33 Å². The third-order valence-corrected chi connectivity index (χ3v) is 4.75. The highest BCUT2D eigenvalue weighted by Gasteiger charge is 2.36. The summed E-state index contributed by atoms with van der Waals surface area (Å²) in [6.07, 6.45) is 8.00. The number of piperidine rings is 1. The predicted octanol–water partition coefficient (Wildman–Crippen LogP) is 2.18. The molecule has 0 aromatic carbocycles. The van der Waals surface area contributed by atoms with Crippen LogP contribution in [-0.4, -0.2) is 22.6 Å². The highest BCUT2D eigenvalue weighted by Crippen LogP contribution is 2.40. The molecule has 94 valence electrons. The number of hydrogen-bond donors (Lipinski definition) is 1. The summed E-state index contributed by atoms with van der Waals surface area (Å²) >= 11 is 0. The first-order chi connectivity index (χ1) is 8.19. The zero-order valence-corrected chi connectivity index (χ0v) is 10.9. The molecule has 1 aliphatic heterocycles. The molecular weight excluding hydrogens is 210 g/mol. The first-order valence-electron chi connectivity index (χ1n) is 6.90. The Morgan fingerprint density at radius 1 is 1.47 bits per heavy atom. The van der Waals surface area contributed by atoms with Crippen LogP contribution in [-0.2, 0) is 12.0 Å². The summed E-state index contributed by atoms with van der Waals surface area (Å²) in [5, 5.41) is 3.45. The minimum Gasteiger partial charge on any atom is -0.334 e. The number of nitrogens with zero attached hydrogens (tertiary/aromatic N) is 2. The Labute approximate surface area is 104 Å².